The topological polar surface area (TPSA) is 74.4 Å². The lowest BCUT2D eigenvalue weighted by atomic mass is 10.1. The number of aliphatic hydroxyl groups is 2. The van der Waals surface area contributed by atoms with Gasteiger partial charge < -0.3 is 10.2 Å². The minimum atomic E-state index is -0.878. The lowest BCUT2D eigenvalue weighted by Gasteiger charge is -2.27. The molecule has 0 saturated carbocycles. The molecule has 0 saturated heterocycles. The molecule has 1 aliphatic rings. The van der Waals surface area contributed by atoms with E-state index < -0.39 is 6.10 Å². The van der Waals surface area contributed by atoms with Gasteiger partial charge in [0.15, 0.2) is 0 Å². The first-order valence-electron chi connectivity index (χ1n) is 7.73. The van der Waals surface area contributed by atoms with Gasteiger partial charge in [0, 0.05) is 25.5 Å². The Balaban J connectivity index is 1.52. The Morgan fingerprint density at radius 2 is 2.23 bits per heavy atom. The molecule has 1 atom stereocenters. The van der Waals surface area contributed by atoms with Gasteiger partial charge in [-0.05, 0) is 37.1 Å². The Bertz CT molecular complexity index is 599. The molecule has 118 valence electrons. The molecule has 0 spiro atoms. The van der Waals surface area contributed by atoms with Crippen molar-refractivity contribution in [2.24, 2.45) is 0 Å². The fraction of sp³-hybridized carbons (Fsp3) is 0.500. The SMILES string of the molecule is OCC(O)c1cc2n(n1)CCN(CCCc1cccnc1)C2. The number of aryl methyl sites for hydroxylation is 1. The van der Waals surface area contributed by atoms with Gasteiger partial charge in [0.1, 0.15) is 6.10 Å². The van der Waals surface area contributed by atoms with E-state index in [0.29, 0.717) is 5.69 Å². The minimum Gasteiger partial charge on any atom is -0.393 e. The third-order valence-corrected chi connectivity index (χ3v) is 4.07. The van der Waals surface area contributed by atoms with Crippen LogP contribution in [0.1, 0.15) is 29.5 Å². The van der Waals surface area contributed by atoms with Crippen LogP contribution < -0.4 is 0 Å². The Morgan fingerprint density at radius 3 is 3.00 bits per heavy atom. The average Bonchev–Trinajstić information content (AvgIpc) is 2.98. The van der Waals surface area contributed by atoms with Crippen LogP contribution in [0, 0.1) is 0 Å². The molecule has 0 aliphatic carbocycles. The smallest absolute Gasteiger partial charge is 0.121 e. The summed E-state index contributed by atoms with van der Waals surface area (Å²) in [5.41, 5.74) is 2.95. The number of pyridine rings is 1. The van der Waals surface area contributed by atoms with Crippen LogP contribution in [0.15, 0.2) is 30.6 Å². The Kier molecular flexibility index (Phi) is 4.82. The normalized spacial score (nSPS) is 16.5. The fourth-order valence-corrected chi connectivity index (χ4v) is 2.84. The van der Waals surface area contributed by atoms with Crippen LogP contribution in [-0.4, -0.2) is 49.6 Å². The standard InChI is InChI=1S/C16H22N4O2/c21-12-16(22)15-9-14-11-19(7-8-20(14)18-15)6-2-4-13-3-1-5-17-10-13/h1,3,5,9-10,16,21-22H,2,4,6-8,11-12H2. The highest BCUT2D eigenvalue weighted by Crippen LogP contribution is 2.18. The summed E-state index contributed by atoms with van der Waals surface area (Å²) in [6.45, 7) is 3.40. The number of hydrogen-bond acceptors (Lipinski definition) is 5. The summed E-state index contributed by atoms with van der Waals surface area (Å²) in [5.74, 6) is 0. The lowest BCUT2D eigenvalue weighted by Crippen LogP contribution is -2.34. The maximum absolute atomic E-state index is 9.67. The zero-order valence-electron chi connectivity index (χ0n) is 12.6. The molecule has 22 heavy (non-hydrogen) atoms. The maximum Gasteiger partial charge on any atom is 0.121 e. The number of rotatable bonds is 6. The molecule has 1 unspecified atom stereocenters. The van der Waals surface area contributed by atoms with E-state index >= 15 is 0 Å². The largest absolute Gasteiger partial charge is 0.393 e. The second kappa shape index (κ2) is 7.00. The predicted octanol–water partition coefficient (Wildman–Crippen LogP) is 0.752. The molecule has 2 aromatic heterocycles. The molecule has 3 heterocycles. The van der Waals surface area contributed by atoms with Crippen molar-refractivity contribution in [1.29, 1.82) is 0 Å². The quantitative estimate of drug-likeness (QED) is 0.824. The van der Waals surface area contributed by atoms with Gasteiger partial charge in [-0.25, -0.2) is 0 Å². The zero-order chi connectivity index (χ0) is 15.4. The summed E-state index contributed by atoms with van der Waals surface area (Å²) in [6.07, 6.45) is 4.99. The van der Waals surface area contributed by atoms with Crippen molar-refractivity contribution in [3.05, 3.63) is 47.5 Å². The van der Waals surface area contributed by atoms with Crippen LogP contribution in [0.2, 0.25) is 0 Å². The van der Waals surface area contributed by atoms with Crippen molar-refractivity contribution in [3.8, 4) is 0 Å². The van der Waals surface area contributed by atoms with E-state index in [1.807, 2.05) is 23.0 Å². The second-order valence-corrected chi connectivity index (χ2v) is 5.72. The number of aromatic nitrogens is 3. The van der Waals surface area contributed by atoms with Crippen LogP contribution in [0.25, 0.3) is 0 Å². The van der Waals surface area contributed by atoms with E-state index in [-0.39, 0.29) is 6.61 Å². The van der Waals surface area contributed by atoms with Gasteiger partial charge in [-0.15, -0.1) is 0 Å². The molecule has 0 fully saturated rings. The van der Waals surface area contributed by atoms with Gasteiger partial charge in [0.25, 0.3) is 0 Å². The summed E-state index contributed by atoms with van der Waals surface area (Å²) in [4.78, 5) is 6.54. The van der Waals surface area contributed by atoms with E-state index in [1.54, 1.807) is 6.20 Å². The molecule has 6 heteroatoms. The molecular weight excluding hydrogens is 280 g/mol. The van der Waals surface area contributed by atoms with Crippen molar-refractivity contribution in [1.82, 2.24) is 19.7 Å². The van der Waals surface area contributed by atoms with E-state index in [9.17, 15) is 5.11 Å². The predicted molar refractivity (Wildman–Crippen MR) is 82.1 cm³/mol. The first-order chi connectivity index (χ1) is 10.8. The molecule has 2 aromatic rings. The monoisotopic (exact) mass is 302 g/mol. The van der Waals surface area contributed by atoms with E-state index in [2.05, 4.69) is 21.0 Å². The molecule has 6 nitrogen and oxygen atoms in total. The number of hydrogen-bond donors (Lipinski definition) is 2. The van der Waals surface area contributed by atoms with Gasteiger partial charge in [-0.2, -0.15) is 5.10 Å². The number of nitrogens with zero attached hydrogens (tertiary/aromatic N) is 4. The van der Waals surface area contributed by atoms with Crippen molar-refractivity contribution in [2.75, 3.05) is 19.7 Å². The highest BCUT2D eigenvalue weighted by Gasteiger charge is 2.20. The van der Waals surface area contributed by atoms with Crippen LogP contribution in [0.4, 0.5) is 0 Å². The van der Waals surface area contributed by atoms with Gasteiger partial charge in [-0.1, -0.05) is 6.07 Å². The average molecular weight is 302 g/mol. The highest BCUT2D eigenvalue weighted by molar-refractivity contribution is 5.14. The molecule has 3 rings (SSSR count). The van der Waals surface area contributed by atoms with E-state index in [0.717, 1.165) is 44.7 Å². The molecular formula is C16H22N4O2. The third kappa shape index (κ3) is 3.52. The molecule has 2 N–H and O–H groups in total. The molecule has 0 bridgehead atoms. The van der Waals surface area contributed by atoms with Crippen molar-refractivity contribution >= 4 is 0 Å². The summed E-state index contributed by atoms with van der Waals surface area (Å²) >= 11 is 0. The summed E-state index contributed by atoms with van der Waals surface area (Å²) < 4.78 is 1.94. The van der Waals surface area contributed by atoms with Gasteiger partial charge >= 0.3 is 0 Å². The first kappa shape index (κ1) is 15.1. The summed E-state index contributed by atoms with van der Waals surface area (Å²) in [6, 6.07) is 5.98. The van der Waals surface area contributed by atoms with Crippen molar-refractivity contribution < 1.29 is 10.2 Å². The zero-order valence-corrected chi connectivity index (χ0v) is 12.6. The lowest BCUT2D eigenvalue weighted by molar-refractivity contribution is 0.0915. The third-order valence-electron chi connectivity index (χ3n) is 4.07. The van der Waals surface area contributed by atoms with Gasteiger partial charge in [-0.3, -0.25) is 14.6 Å². The number of fused-ring (bicyclic) bond motifs is 1. The van der Waals surface area contributed by atoms with Crippen molar-refractivity contribution in [2.45, 2.75) is 32.0 Å². The summed E-state index contributed by atoms with van der Waals surface area (Å²) in [5, 5.41) is 23.0. The Labute approximate surface area is 130 Å². The molecule has 0 aromatic carbocycles. The minimum absolute atomic E-state index is 0.286. The van der Waals surface area contributed by atoms with Gasteiger partial charge in [0.2, 0.25) is 0 Å². The molecule has 1 aliphatic heterocycles. The van der Waals surface area contributed by atoms with Crippen LogP contribution in [0.3, 0.4) is 0 Å². The summed E-state index contributed by atoms with van der Waals surface area (Å²) in [7, 11) is 0. The number of aliphatic hydroxyl groups excluding tert-OH is 2. The maximum atomic E-state index is 9.67. The fourth-order valence-electron chi connectivity index (χ4n) is 2.84. The van der Waals surface area contributed by atoms with Crippen LogP contribution in [0.5, 0.6) is 0 Å². The van der Waals surface area contributed by atoms with Crippen LogP contribution in [-0.2, 0) is 19.5 Å². The first-order valence-corrected chi connectivity index (χ1v) is 7.73. The van der Waals surface area contributed by atoms with E-state index in [4.69, 9.17) is 5.11 Å². The van der Waals surface area contributed by atoms with Gasteiger partial charge in [0.05, 0.1) is 24.5 Å². The molecule has 0 radical (unpaired) electrons. The second-order valence-electron chi connectivity index (χ2n) is 5.72. The highest BCUT2D eigenvalue weighted by atomic mass is 16.3. The van der Waals surface area contributed by atoms with E-state index in [1.165, 1.54) is 5.56 Å². The van der Waals surface area contributed by atoms with Crippen molar-refractivity contribution in [3.63, 3.8) is 0 Å². The van der Waals surface area contributed by atoms with Crippen LogP contribution >= 0.6 is 0 Å². The Hall–Kier alpha value is -1.76. The Morgan fingerprint density at radius 1 is 1.32 bits per heavy atom. The molecule has 0 amide bonds.